The number of carbonyl (C=O) groups is 3. The molecule has 0 spiro atoms. The second kappa shape index (κ2) is 68.6. The Morgan fingerprint density at radius 2 is 0.418 bits per heavy atom. The average molecular weight is 1110 g/mol. The van der Waals surface area contributed by atoms with E-state index in [0.29, 0.717) is 19.3 Å². The van der Waals surface area contributed by atoms with E-state index in [1.165, 1.54) is 315 Å². The maximum Gasteiger partial charge on any atom is 0.306 e. The lowest BCUT2D eigenvalue weighted by Crippen LogP contribution is -2.30. The molecule has 6 heteroatoms. The Balaban J connectivity index is 4.04. The quantitative estimate of drug-likeness (QED) is 0.0261. The minimum absolute atomic E-state index is 0.0659. The van der Waals surface area contributed by atoms with Crippen molar-refractivity contribution in [2.45, 2.75) is 425 Å². The van der Waals surface area contributed by atoms with Gasteiger partial charge in [0.2, 0.25) is 0 Å². The van der Waals surface area contributed by atoms with Crippen LogP contribution in [0.4, 0.5) is 0 Å². The molecule has 0 aliphatic carbocycles. The summed E-state index contributed by atoms with van der Waals surface area (Å²) in [5.41, 5.74) is 0. The number of hydrogen-bond donors (Lipinski definition) is 0. The molecule has 0 aliphatic heterocycles. The summed E-state index contributed by atoms with van der Waals surface area (Å²) >= 11 is 0. The predicted molar refractivity (Wildman–Crippen MR) is 344 cm³/mol. The Bertz CT molecular complexity index is 1230. The predicted octanol–water partition coefficient (Wildman–Crippen LogP) is 24.8. The SMILES string of the molecule is CCCCCC/C=C\CCCCCCCC(=O)OCC(COC(=O)CCCCCCCCCCCCCCCCCCCCCCCCCCCCCCCCCCC)OC(=O)CCCCCCCCCCCCCCCCC. The Labute approximate surface area is 494 Å². The van der Waals surface area contributed by atoms with Crippen LogP contribution in [0.3, 0.4) is 0 Å². The minimum Gasteiger partial charge on any atom is -0.462 e. The first-order valence-electron chi connectivity index (χ1n) is 36.2. The molecular formula is C73H140O6. The van der Waals surface area contributed by atoms with E-state index in [2.05, 4.69) is 32.9 Å². The van der Waals surface area contributed by atoms with E-state index in [1.54, 1.807) is 0 Å². The summed E-state index contributed by atoms with van der Waals surface area (Å²) in [5.74, 6) is -0.843. The molecular weight excluding hydrogens is 973 g/mol. The van der Waals surface area contributed by atoms with Crippen LogP contribution in [0.2, 0.25) is 0 Å². The Morgan fingerprint density at radius 3 is 0.646 bits per heavy atom. The Hall–Kier alpha value is -1.85. The van der Waals surface area contributed by atoms with Crippen LogP contribution in [0.25, 0.3) is 0 Å². The molecule has 468 valence electrons. The van der Waals surface area contributed by atoms with Crippen molar-refractivity contribution in [2.24, 2.45) is 0 Å². The molecule has 0 bridgehead atoms. The molecule has 0 radical (unpaired) electrons. The summed E-state index contributed by atoms with van der Waals surface area (Å²) < 4.78 is 17.0. The van der Waals surface area contributed by atoms with Crippen LogP contribution < -0.4 is 0 Å². The number of unbranched alkanes of at least 4 members (excludes halogenated alkanes) is 55. The zero-order chi connectivity index (χ0) is 57.1. The minimum atomic E-state index is -0.769. The summed E-state index contributed by atoms with van der Waals surface area (Å²) in [5, 5.41) is 0. The lowest BCUT2D eigenvalue weighted by atomic mass is 10.0. The molecule has 0 fully saturated rings. The summed E-state index contributed by atoms with van der Waals surface area (Å²) in [6.07, 6.45) is 82.7. The van der Waals surface area contributed by atoms with E-state index in [1.807, 2.05) is 0 Å². The monoisotopic (exact) mass is 1110 g/mol. The largest absolute Gasteiger partial charge is 0.462 e. The van der Waals surface area contributed by atoms with Crippen LogP contribution in [0.1, 0.15) is 419 Å². The fourth-order valence-electron chi connectivity index (χ4n) is 11.3. The van der Waals surface area contributed by atoms with Crippen LogP contribution >= 0.6 is 0 Å². The van der Waals surface area contributed by atoms with Crippen LogP contribution in [-0.4, -0.2) is 37.2 Å². The topological polar surface area (TPSA) is 78.9 Å². The number of hydrogen-bond acceptors (Lipinski definition) is 6. The lowest BCUT2D eigenvalue weighted by Gasteiger charge is -2.18. The second-order valence-electron chi connectivity index (χ2n) is 24.9. The third-order valence-electron chi connectivity index (χ3n) is 16.8. The zero-order valence-corrected chi connectivity index (χ0v) is 53.9. The maximum absolute atomic E-state index is 12.9. The van der Waals surface area contributed by atoms with Gasteiger partial charge < -0.3 is 14.2 Å². The molecule has 1 atom stereocenters. The van der Waals surface area contributed by atoms with Crippen molar-refractivity contribution < 1.29 is 28.6 Å². The van der Waals surface area contributed by atoms with E-state index in [4.69, 9.17) is 14.2 Å². The summed E-state index contributed by atoms with van der Waals surface area (Å²) in [7, 11) is 0. The van der Waals surface area contributed by atoms with E-state index in [-0.39, 0.29) is 31.1 Å². The number of carbonyl (C=O) groups excluding carboxylic acids is 3. The van der Waals surface area contributed by atoms with Gasteiger partial charge >= 0.3 is 17.9 Å². The van der Waals surface area contributed by atoms with Crippen LogP contribution in [-0.2, 0) is 28.6 Å². The molecule has 0 aliphatic rings. The molecule has 0 aromatic rings. The van der Waals surface area contributed by atoms with E-state index in [9.17, 15) is 14.4 Å². The number of rotatable bonds is 68. The maximum atomic E-state index is 12.9. The summed E-state index contributed by atoms with van der Waals surface area (Å²) in [6.45, 7) is 6.70. The first-order chi connectivity index (χ1) is 39.0. The van der Waals surface area contributed by atoms with Gasteiger partial charge in [0, 0.05) is 19.3 Å². The molecule has 0 rings (SSSR count). The van der Waals surface area contributed by atoms with E-state index < -0.39 is 6.10 Å². The van der Waals surface area contributed by atoms with Crippen molar-refractivity contribution in [3.63, 3.8) is 0 Å². The lowest BCUT2D eigenvalue weighted by molar-refractivity contribution is -0.167. The molecule has 0 saturated carbocycles. The fraction of sp³-hybridized carbons (Fsp3) is 0.932. The number of esters is 3. The molecule has 6 nitrogen and oxygen atoms in total. The summed E-state index contributed by atoms with van der Waals surface area (Å²) in [6, 6.07) is 0. The highest BCUT2D eigenvalue weighted by Crippen LogP contribution is 2.19. The normalized spacial score (nSPS) is 12.0. The van der Waals surface area contributed by atoms with Crippen molar-refractivity contribution >= 4 is 17.9 Å². The molecule has 0 heterocycles. The van der Waals surface area contributed by atoms with Gasteiger partial charge in [-0.3, -0.25) is 14.4 Å². The summed E-state index contributed by atoms with van der Waals surface area (Å²) in [4.78, 5) is 38.3. The molecule has 0 amide bonds. The van der Waals surface area contributed by atoms with E-state index >= 15 is 0 Å². The third-order valence-corrected chi connectivity index (χ3v) is 16.8. The number of allylic oxidation sites excluding steroid dienone is 2. The van der Waals surface area contributed by atoms with Gasteiger partial charge in [-0.1, -0.05) is 367 Å². The van der Waals surface area contributed by atoms with Gasteiger partial charge in [0.05, 0.1) is 0 Å². The Morgan fingerprint density at radius 1 is 0.241 bits per heavy atom. The van der Waals surface area contributed by atoms with Crippen molar-refractivity contribution in [2.75, 3.05) is 13.2 Å². The first kappa shape index (κ1) is 77.2. The van der Waals surface area contributed by atoms with Crippen LogP contribution in [0.15, 0.2) is 12.2 Å². The molecule has 0 saturated heterocycles. The van der Waals surface area contributed by atoms with Crippen molar-refractivity contribution in [1.82, 2.24) is 0 Å². The van der Waals surface area contributed by atoms with E-state index in [0.717, 1.165) is 64.2 Å². The molecule has 1 unspecified atom stereocenters. The molecule has 0 aromatic heterocycles. The second-order valence-corrected chi connectivity index (χ2v) is 24.9. The number of ether oxygens (including phenoxy) is 3. The van der Waals surface area contributed by atoms with Gasteiger partial charge in [-0.2, -0.15) is 0 Å². The van der Waals surface area contributed by atoms with Gasteiger partial charge in [0.25, 0.3) is 0 Å². The first-order valence-corrected chi connectivity index (χ1v) is 36.2. The van der Waals surface area contributed by atoms with Gasteiger partial charge in [-0.15, -0.1) is 0 Å². The fourth-order valence-corrected chi connectivity index (χ4v) is 11.3. The van der Waals surface area contributed by atoms with Crippen LogP contribution in [0.5, 0.6) is 0 Å². The van der Waals surface area contributed by atoms with Crippen molar-refractivity contribution in [3.05, 3.63) is 12.2 Å². The molecule has 0 N–H and O–H groups in total. The smallest absolute Gasteiger partial charge is 0.306 e. The van der Waals surface area contributed by atoms with Crippen molar-refractivity contribution in [1.29, 1.82) is 0 Å². The van der Waals surface area contributed by atoms with Gasteiger partial charge in [-0.05, 0) is 44.9 Å². The molecule has 79 heavy (non-hydrogen) atoms. The highest BCUT2D eigenvalue weighted by molar-refractivity contribution is 5.71. The Kier molecular flexibility index (Phi) is 67.0. The average Bonchev–Trinajstić information content (AvgIpc) is 3.45. The van der Waals surface area contributed by atoms with Gasteiger partial charge in [0.1, 0.15) is 13.2 Å². The van der Waals surface area contributed by atoms with Gasteiger partial charge in [0.15, 0.2) is 6.10 Å². The van der Waals surface area contributed by atoms with Crippen LogP contribution in [0, 0.1) is 0 Å². The molecule has 0 aromatic carbocycles. The van der Waals surface area contributed by atoms with Crippen molar-refractivity contribution in [3.8, 4) is 0 Å². The highest BCUT2D eigenvalue weighted by Gasteiger charge is 2.19. The highest BCUT2D eigenvalue weighted by atomic mass is 16.6. The third kappa shape index (κ3) is 66.8. The van der Waals surface area contributed by atoms with Gasteiger partial charge in [-0.25, -0.2) is 0 Å². The zero-order valence-electron chi connectivity index (χ0n) is 53.9. The standard InChI is InChI=1S/C73H140O6/c1-4-7-10-13-16-19-22-25-27-28-29-30-31-32-33-34-35-36-37-38-39-40-41-42-43-44-46-48-51-54-57-60-63-66-72(75)78-69-70(68-77-71(74)65-62-59-56-53-50-47-24-21-18-15-12-9-6-3)79-73(76)67-64-61-58-55-52-49-45-26-23-20-17-14-11-8-5-2/h21,24,70H,4-20,22-23,25-69H2,1-3H3/b24-21-.